The van der Waals surface area contributed by atoms with Crippen molar-refractivity contribution in [3.8, 4) is 12.1 Å². The third kappa shape index (κ3) is 7.80. The van der Waals surface area contributed by atoms with E-state index in [1.807, 2.05) is 82.1 Å². The molecule has 198 valence electrons. The van der Waals surface area contributed by atoms with Gasteiger partial charge in [0.2, 0.25) is 0 Å². The summed E-state index contributed by atoms with van der Waals surface area (Å²) >= 11 is 0. The molecule has 0 fully saturated rings. The van der Waals surface area contributed by atoms with Gasteiger partial charge in [-0.2, -0.15) is 25.9 Å². The lowest BCUT2D eigenvalue weighted by atomic mass is 9.91. The van der Waals surface area contributed by atoms with Gasteiger partial charge in [0.1, 0.15) is 18.4 Å². The molecule has 3 aromatic carbocycles. The first-order valence-corrected chi connectivity index (χ1v) is 12.5. The fourth-order valence-corrected chi connectivity index (χ4v) is 3.34. The summed E-state index contributed by atoms with van der Waals surface area (Å²) in [6, 6.07) is 21.8. The summed E-state index contributed by atoms with van der Waals surface area (Å²) in [5.41, 5.74) is 4.47. The Morgan fingerprint density at radius 3 is 2.18 bits per heavy atom. The predicted octanol–water partition coefficient (Wildman–Crippen LogP) is 7.98. The number of ether oxygens (including phenoxy) is 1. The first kappa shape index (κ1) is 28.7. The summed E-state index contributed by atoms with van der Waals surface area (Å²) in [4.78, 5) is 14.1. The molecule has 0 aliphatic heterocycles. The zero-order valence-electron chi connectivity index (χ0n) is 22.8. The first-order chi connectivity index (χ1) is 18.7. The van der Waals surface area contributed by atoms with E-state index in [0.29, 0.717) is 41.5 Å². The van der Waals surface area contributed by atoms with Gasteiger partial charge in [0, 0.05) is 12.7 Å². The van der Waals surface area contributed by atoms with E-state index in [9.17, 15) is 10.1 Å². The van der Waals surface area contributed by atoms with Gasteiger partial charge in [-0.05, 0) is 93.4 Å². The zero-order valence-corrected chi connectivity index (χ0v) is 22.8. The van der Waals surface area contributed by atoms with Crippen LogP contribution in [-0.2, 0) is 9.53 Å². The quantitative estimate of drug-likeness (QED) is 0.197. The lowest BCUT2D eigenvalue weighted by molar-refractivity contribution is -0.153. The standard InChI is InChI=1S/C30H31N7O2/c1-6-30(3,4)29(38)39-16-15-37(5)26-11-8-24(9-12-26)33-35-27-14-10-25(17-21(27)2)34-36-28-13-7-22(19-31)18-23(28)20-32/h7-14,17-18H,6,15-16H2,1-5H3/b35-33+,36-34+. The Kier molecular flexibility index (Phi) is 9.61. The molecule has 0 atom stereocenters. The van der Waals surface area contributed by atoms with Crippen molar-refractivity contribution in [2.24, 2.45) is 25.9 Å². The summed E-state index contributed by atoms with van der Waals surface area (Å²) in [5, 5.41) is 35.4. The zero-order chi connectivity index (χ0) is 28.4. The van der Waals surface area contributed by atoms with Crippen LogP contribution in [-0.4, -0.2) is 26.2 Å². The highest BCUT2D eigenvalue weighted by Crippen LogP contribution is 2.29. The molecule has 0 heterocycles. The Balaban J connectivity index is 1.60. The highest BCUT2D eigenvalue weighted by Gasteiger charge is 2.26. The molecule has 0 unspecified atom stereocenters. The van der Waals surface area contributed by atoms with E-state index in [4.69, 9.17) is 10.00 Å². The van der Waals surface area contributed by atoms with Crippen molar-refractivity contribution in [2.45, 2.75) is 34.1 Å². The minimum absolute atomic E-state index is 0.181. The van der Waals surface area contributed by atoms with Crippen molar-refractivity contribution in [1.82, 2.24) is 0 Å². The third-order valence-corrected chi connectivity index (χ3v) is 6.36. The van der Waals surface area contributed by atoms with Gasteiger partial charge in [0.25, 0.3) is 0 Å². The molecular weight excluding hydrogens is 490 g/mol. The largest absolute Gasteiger partial charge is 0.463 e. The fraction of sp³-hybridized carbons (Fsp3) is 0.300. The SMILES string of the molecule is CCC(C)(C)C(=O)OCCN(C)c1ccc(/N=N/c2ccc(/N=N/c3ccc(C#N)cc3C#N)cc2C)cc1. The van der Waals surface area contributed by atoms with Crippen LogP contribution < -0.4 is 4.90 Å². The molecule has 0 saturated heterocycles. The number of carbonyl (C=O) groups is 1. The number of rotatable bonds is 10. The molecule has 9 nitrogen and oxygen atoms in total. The molecule has 0 saturated carbocycles. The summed E-state index contributed by atoms with van der Waals surface area (Å²) < 4.78 is 5.43. The van der Waals surface area contributed by atoms with E-state index in [2.05, 4.69) is 20.5 Å². The van der Waals surface area contributed by atoms with Gasteiger partial charge < -0.3 is 9.64 Å². The maximum atomic E-state index is 12.1. The third-order valence-electron chi connectivity index (χ3n) is 6.36. The van der Waals surface area contributed by atoms with Gasteiger partial charge in [-0.25, -0.2) is 0 Å². The Morgan fingerprint density at radius 2 is 1.54 bits per heavy atom. The van der Waals surface area contributed by atoms with E-state index in [0.717, 1.165) is 17.7 Å². The molecule has 0 bridgehead atoms. The molecule has 0 aromatic heterocycles. The number of nitriles is 2. The summed E-state index contributed by atoms with van der Waals surface area (Å²) in [6.45, 7) is 8.56. The minimum Gasteiger partial charge on any atom is -0.463 e. The highest BCUT2D eigenvalue weighted by atomic mass is 16.5. The molecule has 0 radical (unpaired) electrons. The molecule has 3 aromatic rings. The monoisotopic (exact) mass is 521 g/mol. The number of aryl methyl sites for hydroxylation is 1. The number of likely N-dealkylation sites (N-methyl/N-ethyl adjacent to an activating group) is 1. The second-order valence-corrected chi connectivity index (χ2v) is 9.64. The summed E-state index contributed by atoms with van der Waals surface area (Å²) in [7, 11) is 1.94. The number of hydrogen-bond acceptors (Lipinski definition) is 9. The molecule has 0 N–H and O–H groups in total. The fourth-order valence-electron chi connectivity index (χ4n) is 3.34. The van der Waals surface area contributed by atoms with E-state index in [1.54, 1.807) is 24.3 Å². The number of hydrogen-bond donors (Lipinski definition) is 0. The van der Waals surface area contributed by atoms with Gasteiger partial charge in [0.15, 0.2) is 0 Å². The van der Waals surface area contributed by atoms with Crippen molar-refractivity contribution >= 4 is 34.4 Å². The van der Waals surface area contributed by atoms with Gasteiger partial charge in [-0.15, -0.1) is 5.11 Å². The number of benzene rings is 3. The van der Waals surface area contributed by atoms with Crippen LogP contribution in [0.15, 0.2) is 81.1 Å². The van der Waals surface area contributed by atoms with Crippen LogP contribution in [0.4, 0.5) is 28.4 Å². The Bertz CT molecular complexity index is 1460. The summed E-state index contributed by atoms with van der Waals surface area (Å²) in [5.74, 6) is -0.181. The molecule has 9 heteroatoms. The van der Waals surface area contributed by atoms with E-state index in [1.165, 1.54) is 6.07 Å². The lowest BCUT2D eigenvalue weighted by Gasteiger charge is -2.23. The second-order valence-electron chi connectivity index (χ2n) is 9.64. The van der Waals surface area contributed by atoms with Gasteiger partial charge >= 0.3 is 5.97 Å². The van der Waals surface area contributed by atoms with Crippen LogP contribution in [0.25, 0.3) is 0 Å². The van der Waals surface area contributed by atoms with Crippen molar-refractivity contribution < 1.29 is 9.53 Å². The minimum atomic E-state index is -0.470. The average molecular weight is 522 g/mol. The van der Waals surface area contributed by atoms with Crippen LogP contribution in [0, 0.1) is 35.0 Å². The number of carbonyl (C=O) groups excluding carboxylic acids is 1. The van der Waals surface area contributed by atoms with Crippen LogP contribution in [0.5, 0.6) is 0 Å². The number of nitrogens with zero attached hydrogens (tertiary/aromatic N) is 7. The molecule has 39 heavy (non-hydrogen) atoms. The molecule has 3 rings (SSSR count). The number of anilines is 1. The number of esters is 1. The predicted molar refractivity (Wildman–Crippen MR) is 150 cm³/mol. The van der Waals surface area contributed by atoms with Crippen LogP contribution in [0.3, 0.4) is 0 Å². The Morgan fingerprint density at radius 1 is 0.897 bits per heavy atom. The van der Waals surface area contributed by atoms with Crippen LogP contribution >= 0.6 is 0 Å². The summed E-state index contributed by atoms with van der Waals surface area (Å²) in [6.07, 6.45) is 0.733. The van der Waals surface area contributed by atoms with Crippen molar-refractivity contribution in [2.75, 3.05) is 25.1 Å². The molecular formula is C30H31N7O2. The van der Waals surface area contributed by atoms with Gasteiger partial charge in [-0.3, -0.25) is 4.79 Å². The molecule has 0 aliphatic rings. The van der Waals surface area contributed by atoms with E-state index < -0.39 is 5.41 Å². The van der Waals surface area contributed by atoms with Crippen molar-refractivity contribution in [3.63, 3.8) is 0 Å². The highest BCUT2D eigenvalue weighted by molar-refractivity contribution is 5.75. The lowest BCUT2D eigenvalue weighted by Crippen LogP contribution is -2.30. The normalized spacial score (nSPS) is 11.4. The maximum Gasteiger partial charge on any atom is 0.311 e. The smallest absolute Gasteiger partial charge is 0.311 e. The van der Waals surface area contributed by atoms with Crippen LogP contribution in [0.2, 0.25) is 0 Å². The average Bonchev–Trinajstić information content (AvgIpc) is 2.95. The molecule has 0 amide bonds. The van der Waals surface area contributed by atoms with Gasteiger partial charge in [0.05, 0.1) is 46.2 Å². The van der Waals surface area contributed by atoms with Crippen molar-refractivity contribution in [1.29, 1.82) is 10.5 Å². The van der Waals surface area contributed by atoms with Crippen molar-refractivity contribution in [3.05, 3.63) is 77.4 Å². The first-order valence-electron chi connectivity index (χ1n) is 12.5. The molecule has 0 aliphatic carbocycles. The second kappa shape index (κ2) is 13.1. The Hall–Kier alpha value is -4.89. The van der Waals surface area contributed by atoms with Gasteiger partial charge in [-0.1, -0.05) is 6.92 Å². The van der Waals surface area contributed by atoms with E-state index in [-0.39, 0.29) is 11.5 Å². The maximum absolute atomic E-state index is 12.1. The van der Waals surface area contributed by atoms with Crippen LogP contribution in [0.1, 0.15) is 43.9 Å². The topological polar surface area (TPSA) is 127 Å². The molecule has 0 spiro atoms. The number of azo groups is 2. The van der Waals surface area contributed by atoms with E-state index >= 15 is 0 Å². The Labute approximate surface area is 229 Å².